The molecule has 1 aromatic rings. The summed E-state index contributed by atoms with van der Waals surface area (Å²) in [6.45, 7) is 4.66. The first kappa shape index (κ1) is 8.16. The van der Waals surface area contributed by atoms with Crippen molar-refractivity contribution in [2.75, 3.05) is 19.7 Å². The van der Waals surface area contributed by atoms with Crippen molar-refractivity contribution in [1.82, 2.24) is 10.3 Å². The highest BCUT2D eigenvalue weighted by molar-refractivity contribution is 7.09. The normalized spacial score (nSPS) is 24.2. The second-order valence-corrected chi connectivity index (χ2v) is 3.78. The largest absolute Gasteiger partial charge is 0.368 e. The van der Waals surface area contributed by atoms with Crippen molar-refractivity contribution in [3.8, 4) is 0 Å². The highest BCUT2D eigenvalue weighted by Gasteiger charge is 2.17. The van der Waals surface area contributed by atoms with Gasteiger partial charge in [-0.2, -0.15) is 0 Å². The molecule has 1 aliphatic rings. The summed E-state index contributed by atoms with van der Waals surface area (Å²) in [4.78, 5) is 4.39. The molecule has 1 aliphatic heterocycles. The molecule has 1 atom stereocenters. The lowest BCUT2D eigenvalue weighted by Gasteiger charge is -2.21. The molecule has 1 saturated heterocycles. The molecule has 0 saturated carbocycles. The third-order valence-corrected chi connectivity index (χ3v) is 2.89. The van der Waals surface area contributed by atoms with Crippen LogP contribution in [0.5, 0.6) is 0 Å². The quantitative estimate of drug-likeness (QED) is 0.710. The summed E-state index contributed by atoms with van der Waals surface area (Å²) in [6.07, 6.45) is 0.178. The maximum absolute atomic E-state index is 5.56. The van der Waals surface area contributed by atoms with Crippen LogP contribution in [0, 0.1) is 6.92 Å². The van der Waals surface area contributed by atoms with Crippen LogP contribution in [0.2, 0.25) is 0 Å². The molecule has 2 rings (SSSR count). The predicted molar refractivity (Wildman–Crippen MR) is 48.4 cm³/mol. The van der Waals surface area contributed by atoms with E-state index in [-0.39, 0.29) is 6.10 Å². The molecule has 1 aromatic heterocycles. The second-order valence-electron chi connectivity index (χ2n) is 2.89. The zero-order valence-corrected chi connectivity index (χ0v) is 7.86. The number of nitrogens with one attached hydrogen (secondary N) is 1. The fourth-order valence-electron chi connectivity index (χ4n) is 1.24. The van der Waals surface area contributed by atoms with Crippen LogP contribution in [0.3, 0.4) is 0 Å². The molecule has 1 unspecified atom stereocenters. The van der Waals surface area contributed by atoms with Crippen LogP contribution in [0.15, 0.2) is 5.38 Å². The third kappa shape index (κ3) is 1.65. The molecule has 1 N–H and O–H groups in total. The Kier molecular flexibility index (Phi) is 2.39. The lowest BCUT2D eigenvalue weighted by molar-refractivity contribution is 0.0275. The van der Waals surface area contributed by atoms with E-state index in [0.29, 0.717) is 0 Å². The number of nitrogens with zero attached hydrogens (tertiary/aromatic N) is 1. The average Bonchev–Trinajstić information content (AvgIpc) is 2.54. The monoisotopic (exact) mass is 184 g/mol. The van der Waals surface area contributed by atoms with E-state index in [4.69, 9.17) is 4.74 Å². The standard InChI is InChI=1S/C8H12N2OS/c1-6-5-12-8(10-6)7-4-9-2-3-11-7/h5,7,9H,2-4H2,1H3. The van der Waals surface area contributed by atoms with Crippen molar-refractivity contribution in [2.24, 2.45) is 0 Å². The molecular formula is C8H12N2OS. The fraction of sp³-hybridized carbons (Fsp3) is 0.625. The lowest BCUT2D eigenvalue weighted by atomic mass is 10.3. The van der Waals surface area contributed by atoms with Crippen LogP contribution in [0.25, 0.3) is 0 Å². The molecule has 2 heterocycles. The van der Waals surface area contributed by atoms with Crippen LogP contribution >= 0.6 is 11.3 Å². The van der Waals surface area contributed by atoms with Gasteiger partial charge in [0.1, 0.15) is 11.1 Å². The molecule has 0 aliphatic carbocycles. The predicted octanol–water partition coefficient (Wildman–Crippen LogP) is 1.11. The first-order chi connectivity index (χ1) is 5.86. The molecule has 0 radical (unpaired) electrons. The van der Waals surface area contributed by atoms with E-state index >= 15 is 0 Å². The Morgan fingerprint density at radius 2 is 2.67 bits per heavy atom. The van der Waals surface area contributed by atoms with Gasteiger partial charge in [-0.05, 0) is 6.92 Å². The van der Waals surface area contributed by atoms with Crippen molar-refractivity contribution in [3.63, 3.8) is 0 Å². The molecule has 66 valence electrons. The summed E-state index contributed by atoms with van der Waals surface area (Å²) in [6, 6.07) is 0. The number of rotatable bonds is 1. The van der Waals surface area contributed by atoms with Gasteiger partial charge in [-0.3, -0.25) is 0 Å². The zero-order chi connectivity index (χ0) is 8.39. The van der Waals surface area contributed by atoms with E-state index in [1.54, 1.807) is 11.3 Å². The van der Waals surface area contributed by atoms with Gasteiger partial charge in [0.2, 0.25) is 0 Å². The van der Waals surface area contributed by atoms with Gasteiger partial charge < -0.3 is 10.1 Å². The average molecular weight is 184 g/mol. The van der Waals surface area contributed by atoms with Crippen molar-refractivity contribution >= 4 is 11.3 Å². The molecule has 1 fully saturated rings. The molecule has 4 heteroatoms. The fourth-order valence-corrected chi connectivity index (χ4v) is 2.09. The van der Waals surface area contributed by atoms with E-state index in [2.05, 4.69) is 15.7 Å². The Labute approximate surface area is 75.8 Å². The number of aryl methyl sites for hydroxylation is 1. The minimum atomic E-state index is 0.178. The summed E-state index contributed by atoms with van der Waals surface area (Å²) >= 11 is 1.68. The Bertz CT molecular complexity index is 255. The van der Waals surface area contributed by atoms with Crippen LogP contribution < -0.4 is 5.32 Å². The summed E-state index contributed by atoms with van der Waals surface area (Å²) in [7, 11) is 0. The van der Waals surface area contributed by atoms with E-state index in [0.717, 1.165) is 30.4 Å². The number of hydrogen-bond donors (Lipinski definition) is 1. The molecule has 0 aromatic carbocycles. The van der Waals surface area contributed by atoms with Gasteiger partial charge in [-0.1, -0.05) is 0 Å². The van der Waals surface area contributed by atoms with Crippen molar-refractivity contribution < 1.29 is 4.74 Å². The zero-order valence-electron chi connectivity index (χ0n) is 7.04. The van der Waals surface area contributed by atoms with Gasteiger partial charge in [-0.25, -0.2) is 4.98 Å². The number of hydrogen-bond acceptors (Lipinski definition) is 4. The first-order valence-electron chi connectivity index (χ1n) is 4.10. The summed E-state index contributed by atoms with van der Waals surface area (Å²) in [5, 5.41) is 6.44. The van der Waals surface area contributed by atoms with Gasteiger partial charge in [-0.15, -0.1) is 11.3 Å². The number of thiazole rings is 1. The van der Waals surface area contributed by atoms with E-state index in [1.807, 2.05) is 6.92 Å². The molecule has 12 heavy (non-hydrogen) atoms. The molecule has 3 nitrogen and oxygen atoms in total. The maximum atomic E-state index is 5.56. The second kappa shape index (κ2) is 3.51. The maximum Gasteiger partial charge on any atom is 0.123 e. The Hall–Kier alpha value is -0.450. The molecular weight excluding hydrogens is 172 g/mol. The van der Waals surface area contributed by atoms with E-state index in [1.165, 1.54) is 0 Å². The highest BCUT2D eigenvalue weighted by atomic mass is 32.1. The molecule has 0 spiro atoms. The Morgan fingerprint density at radius 1 is 1.75 bits per heavy atom. The van der Waals surface area contributed by atoms with E-state index < -0.39 is 0 Å². The van der Waals surface area contributed by atoms with Crippen LogP contribution in [0.1, 0.15) is 16.8 Å². The summed E-state index contributed by atoms with van der Waals surface area (Å²) in [5.74, 6) is 0. The van der Waals surface area contributed by atoms with Crippen molar-refractivity contribution in [1.29, 1.82) is 0 Å². The van der Waals surface area contributed by atoms with E-state index in [9.17, 15) is 0 Å². The number of ether oxygens (including phenoxy) is 1. The third-order valence-electron chi connectivity index (χ3n) is 1.84. The summed E-state index contributed by atoms with van der Waals surface area (Å²) in [5.41, 5.74) is 1.09. The van der Waals surface area contributed by atoms with Crippen LogP contribution in [0.4, 0.5) is 0 Å². The SMILES string of the molecule is Cc1csc(C2CNCCO2)n1. The Morgan fingerprint density at radius 3 is 3.25 bits per heavy atom. The number of morpholine rings is 1. The minimum absolute atomic E-state index is 0.178. The first-order valence-corrected chi connectivity index (χ1v) is 4.98. The number of aromatic nitrogens is 1. The van der Waals surface area contributed by atoms with Crippen LogP contribution in [-0.4, -0.2) is 24.7 Å². The van der Waals surface area contributed by atoms with Gasteiger partial charge in [0.25, 0.3) is 0 Å². The smallest absolute Gasteiger partial charge is 0.123 e. The molecule has 0 bridgehead atoms. The topological polar surface area (TPSA) is 34.1 Å². The van der Waals surface area contributed by atoms with Gasteiger partial charge in [0.15, 0.2) is 0 Å². The molecule has 0 amide bonds. The lowest BCUT2D eigenvalue weighted by Crippen LogP contribution is -2.33. The van der Waals surface area contributed by atoms with Gasteiger partial charge in [0.05, 0.1) is 6.61 Å². The van der Waals surface area contributed by atoms with Crippen molar-refractivity contribution in [2.45, 2.75) is 13.0 Å². The van der Waals surface area contributed by atoms with Gasteiger partial charge >= 0.3 is 0 Å². The minimum Gasteiger partial charge on any atom is -0.368 e. The van der Waals surface area contributed by atoms with Gasteiger partial charge in [0, 0.05) is 24.2 Å². The van der Waals surface area contributed by atoms with Crippen molar-refractivity contribution in [3.05, 3.63) is 16.1 Å². The Balaban J connectivity index is 2.08. The summed E-state index contributed by atoms with van der Waals surface area (Å²) < 4.78 is 5.56. The highest BCUT2D eigenvalue weighted by Crippen LogP contribution is 2.21. The van der Waals surface area contributed by atoms with Crippen LogP contribution in [-0.2, 0) is 4.74 Å².